The molecule has 99 heavy (non-hydrogen) atoms. The molecule has 0 heterocycles. The predicted octanol–water partition coefficient (Wildman–Crippen LogP) is 25.2. The number of likely N-dealkylation sites (N-methyl/N-ethyl adjacent to an activating group) is 1. The first-order valence-electron chi connectivity index (χ1n) is 38.9. The number of ether oxygens (including phenoxy) is 4. The minimum Gasteiger partial charge on any atom is -0.477 e. The predicted molar refractivity (Wildman–Crippen MR) is 428 cm³/mol. The molecule has 0 aliphatic carbocycles. The summed E-state index contributed by atoms with van der Waals surface area (Å²) in [5, 5.41) is 9.77. The average Bonchev–Trinajstić information content (AvgIpc) is 1.14. The van der Waals surface area contributed by atoms with Gasteiger partial charge in [0.25, 0.3) is 6.29 Å². The Morgan fingerprint density at radius 2 is 0.545 bits per heavy atom. The molecule has 0 aromatic rings. The first kappa shape index (κ1) is 92.6. The standard InChI is InChI=1S/C90H141NO8/c1-6-8-10-12-14-16-18-20-22-24-26-28-30-32-34-36-38-40-42-43-44-45-47-49-51-53-55-57-59-61-63-65-67-69-71-73-75-77-79-81-88(93)99-86(85-98-90(89(94)95)96-83-82-91(3,4)5)84-97-87(92)80-78-76-74-72-70-68-66-64-62-60-58-56-54-52-50-48-46-41-39-37-35-33-31-29-27-25-23-21-19-17-15-13-11-9-7-2/h8-11,14-17,20-23,26-29,32-35,38-41,43-44,47,49,53,55,59,61,65,67,71,73,86,90H,6-7,12-13,18-19,24-25,30-31,36-37,42,45-46,48,50-52,54,56-58,60,62-64,66,68-70,72,74-85H2,1-5H3/p+1/b10-8-,11-9-,16-14-,17-15-,22-20-,23-21-,28-26-,29-27-,34-32-,35-33-,40-38-,41-39-,44-43-,49-47-,55-53-,61-59-,67-65-,73-71-. The molecule has 0 bridgehead atoms. The van der Waals surface area contributed by atoms with Crippen LogP contribution in [0.4, 0.5) is 0 Å². The molecule has 0 aliphatic heterocycles. The van der Waals surface area contributed by atoms with Crippen molar-refractivity contribution in [1.82, 2.24) is 0 Å². The Bertz CT molecular complexity index is 2440. The van der Waals surface area contributed by atoms with E-state index in [4.69, 9.17) is 18.9 Å². The van der Waals surface area contributed by atoms with Crippen LogP contribution >= 0.6 is 0 Å². The van der Waals surface area contributed by atoms with Crippen LogP contribution in [0, 0.1) is 0 Å². The van der Waals surface area contributed by atoms with Crippen LogP contribution in [0.25, 0.3) is 0 Å². The molecular weight excluding hydrogens is 1220 g/mol. The fourth-order valence-corrected chi connectivity index (χ4v) is 9.88. The third kappa shape index (κ3) is 78.8. The lowest BCUT2D eigenvalue weighted by Crippen LogP contribution is -2.40. The Morgan fingerprint density at radius 3 is 0.828 bits per heavy atom. The van der Waals surface area contributed by atoms with Gasteiger partial charge in [-0.25, -0.2) is 4.79 Å². The highest BCUT2D eigenvalue weighted by Gasteiger charge is 2.25. The zero-order chi connectivity index (χ0) is 71.8. The van der Waals surface area contributed by atoms with Crippen LogP contribution < -0.4 is 0 Å². The molecule has 0 rings (SSSR count). The highest BCUT2D eigenvalue weighted by atomic mass is 16.7. The second-order valence-corrected chi connectivity index (χ2v) is 26.2. The summed E-state index contributed by atoms with van der Waals surface area (Å²) in [6.07, 6.45) is 119. The quantitative estimate of drug-likeness (QED) is 0.0211. The average molecular weight is 1370 g/mol. The molecule has 0 radical (unpaired) electrons. The number of esters is 2. The summed E-state index contributed by atoms with van der Waals surface area (Å²) in [6.45, 7) is 4.58. The summed E-state index contributed by atoms with van der Waals surface area (Å²) in [7, 11) is 5.95. The number of unbranched alkanes of at least 4 members (excludes halogenated alkanes) is 18. The van der Waals surface area contributed by atoms with E-state index in [2.05, 4.69) is 233 Å². The summed E-state index contributed by atoms with van der Waals surface area (Å²) < 4.78 is 22.9. The number of quaternary nitrogens is 1. The number of carboxylic acids is 1. The van der Waals surface area contributed by atoms with E-state index in [1.54, 1.807) is 0 Å². The van der Waals surface area contributed by atoms with E-state index >= 15 is 0 Å². The number of hydrogen-bond acceptors (Lipinski definition) is 7. The van der Waals surface area contributed by atoms with E-state index in [1.165, 1.54) is 89.9 Å². The number of rotatable bonds is 69. The molecule has 0 fully saturated rings. The lowest BCUT2D eigenvalue weighted by atomic mass is 10.0. The molecule has 0 aromatic carbocycles. The first-order valence-corrected chi connectivity index (χ1v) is 38.9. The number of aliphatic carboxylic acids is 1. The molecular formula is C90H142NO8+. The van der Waals surface area contributed by atoms with Crippen LogP contribution in [0.5, 0.6) is 0 Å². The van der Waals surface area contributed by atoms with Gasteiger partial charge in [0.05, 0.1) is 34.4 Å². The van der Waals surface area contributed by atoms with E-state index in [0.717, 1.165) is 148 Å². The highest BCUT2D eigenvalue weighted by molar-refractivity contribution is 5.71. The Balaban J connectivity index is 4.21. The van der Waals surface area contributed by atoms with Gasteiger partial charge >= 0.3 is 17.9 Å². The van der Waals surface area contributed by atoms with Crippen molar-refractivity contribution in [3.8, 4) is 0 Å². The van der Waals surface area contributed by atoms with Gasteiger partial charge < -0.3 is 28.5 Å². The Hall–Kier alpha value is -6.39. The third-order valence-corrected chi connectivity index (χ3v) is 15.7. The number of hydrogen-bond donors (Lipinski definition) is 1. The number of nitrogens with zero attached hydrogens (tertiary/aromatic N) is 1. The van der Waals surface area contributed by atoms with E-state index in [1.807, 2.05) is 21.1 Å². The lowest BCUT2D eigenvalue weighted by molar-refractivity contribution is -0.870. The molecule has 0 saturated carbocycles. The summed E-state index contributed by atoms with van der Waals surface area (Å²) >= 11 is 0. The topological polar surface area (TPSA) is 108 Å². The molecule has 0 aliphatic rings. The van der Waals surface area contributed by atoms with Gasteiger partial charge in [-0.15, -0.1) is 0 Å². The molecule has 1 N–H and O–H groups in total. The van der Waals surface area contributed by atoms with Gasteiger partial charge in [-0.1, -0.05) is 322 Å². The lowest BCUT2D eigenvalue weighted by Gasteiger charge is -2.25. The second kappa shape index (κ2) is 77.3. The number of carbonyl (C=O) groups excluding carboxylic acids is 2. The van der Waals surface area contributed by atoms with Crippen LogP contribution in [0.1, 0.15) is 271 Å². The SMILES string of the molecule is CC/C=C\C/C=C\C/C=C\C/C=C\C/C=C\C/C=C\C/C=C\C/C=C\C/C=C\C/C=C\C/C=C\C/C=C\CCCCC(=O)OC(COC(=O)CCCCCCCCCCCCCCCCCC/C=C\C/C=C\C/C=C\C/C=C\C/C=C\C/C=C\CC)COC(OCC[N+](C)(C)C)C(=O)O. The van der Waals surface area contributed by atoms with Gasteiger partial charge in [0.2, 0.25) is 0 Å². The molecule has 2 unspecified atom stereocenters. The molecule has 0 aromatic heterocycles. The fourth-order valence-electron chi connectivity index (χ4n) is 9.88. The normalized spacial score (nSPS) is 13.9. The molecule has 0 amide bonds. The third-order valence-electron chi connectivity index (χ3n) is 15.7. The number of allylic oxidation sites excluding steroid dienone is 36. The van der Waals surface area contributed by atoms with Crippen LogP contribution in [-0.4, -0.2) is 87.4 Å². The van der Waals surface area contributed by atoms with Gasteiger partial charge in [0.1, 0.15) is 13.2 Å². The molecule has 0 saturated heterocycles. The summed E-state index contributed by atoms with van der Waals surface area (Å²) in [5.74, 6) is -2.08. The molecule has 9 heteroatoms. The Morgan fingerprint density at radius 1 is 0.303 bits per heavy atom. The van der Waals surface area contributed by atoms with Gasteiger partial charge in [-0.3, -0.25) is 9.59 Å². The van der Waals surface area contributed by atoms with Crippen molar-refractivity contribution in [2.45, 2.75) is 283 Å². The van der Waals surface area contributed by atoms with Crippen LogP contribution in [-0.2, 0) is 33.3 Å². The smallest absolute Gasteiger partial charge is 0.361 e. The van der Waals surface area contributed by atoms with Crippen LogP contribution in [0.3, 0.4) is 0 Å². The van der Waals surface area contributed by atoms with Gasteiger partial charge in [-0.05, 0) is 154 Å². The zero-order valence-corrected chi connectivity index (χ0v) is 63.3. The van der Waals surface area contributed by atoms with E-state index in [-0.39, 0.29) is 38.6 Å². The summed E-state index contributed by atoms with van der Waals surface area (Å²) in [5.41, 5.74) is 0. The van der Waals surface area contributed by atoms with Crippen molar-refractivity contribution < 1.29 is 42.9 Å². The van der Waals surface area contributed by atoms with Crippen molar-refractivity contribution in [1.29, 1.82) is 0 Å². The molecule has 0 spiro atoms. The first-order chi connectivity index (χ1) is 48.6. The number of carbonyl (C=O) groups is 3. The van der Waals surface area contributed by atoms with Gasteiger partial charge in [0.15, 0.2) is 6.10 Å². The minimum absolute atomic E-state index is 0.168. The highest BCUT2D eigenvalue weighted by Crippen LogP contribution is 2.16. The number of carboxylic acid groups (broad SMARTS) is 1. The Kier molecular flexibility index (Phi) is 72.4. The fraction of sp³-hybridized carbons (Fsp3) is 0.567. The molecule has 9 nitrogen and oxygen atoms in total. The minimum atomic E-state index is -1.54. The van der Waals surface area contributed by atoms with E-state index in [0.29, 0.717) is 17.4 Å². The largest absolute Gasteiger partial charge is 0.477 e. The van der Waals surface area contributed by atoms with E-state index in [9.17, 15) is 19.5 Å². The van der Waals surface area contributed by atoms with Gasteiger partial charge in [-0.2, -0.15) is 0 Å². The zero-order valence-electron chi connectivity index (χ0n) is 63.3. The maximum atomic E-state index is 13.0. The summed E-state index contributed by atoms with van der Waals surface area (Å²) in [4.78, 5) is 37.7. The van der Waals surface area contributed by atoms with Crippen molar-refractivity contribution in [3.05, 3.63) is 219 Å². The van der Waals surface area contributed by atoms with Crippen molar-refractivity contribution in [2.24, 2.45) is 0 Å². The van der Waals surface area contributed by atoms with Gasteiger partial charge in [0, 0.05) is 12.8 Å². The van der Waals surface area contributed by atoms with Crippen LogP contribution in [0.2, 0.25) is 0 Å². The maximum Gasteiger partial charge on any atom is 0.361 e. The summed E-state index contributed by atoms with van der Waals surface area (Å²) in [6, 6.07) is 0. The van der Waals surface area contributed by atoms with Crippen molar-refractivity contribution in [2.75, 3.05) is 47.5 Å². The monoisotopic (exact) mass is 1370 g/mol. The molecule has 554 valence electrons. The van der Waals surface area contributed by atoms with Crippen molar-refractivity contribution in [3.63, 3.8) is 0 Å². The molecule has 2 atom stereocenters. The van der Waals surface area contributed by atoms with E-state index < -0.39 is 24.3 Å². The van der Waals surface area contributed by atoms with Crippen LogP contribution in [0.15, 0.2) is 219 Å². The maximum absolute atomic E-state index is 13.0. The second-order valence-electron chi connectivity index (χ2n) is 26.2. The van der Waals surface area contributed by atoms with Crippen molar-refractivity contribution >= 4 is 17.9 Å². The Labute approximate surface area is 607 Å².